The van der Waals surface area contributed by atoms with Crippen LogP contribution < -0.4 is 15.4 Å². The van der Waals surface area contributed by atoms with E-state index in [4.69, 9.17) is 18.6 Å². The minimum Gasteiger partial charge on any atom is -0.496 e. The summed E-state index contributed by atoms with van der Waals surface area (Å²) in [5.74, 6) is 2.47. The predicted molar refractivity (Wildman–Crippen MR) is 110 cm³/mol. The van der Waals surface area contributed by atoms with Gasteiger partial charge in [-0.3, -0.25) is 4.99 Å². The number of ether oxygens (including phenoxy) is 3. The summed E-state index contributed by atoms with van der Waals surface area (Å²) >= 11 is 0. The van der Waals surface area contributed by atoms with Gasteiger partial charge >= 0.3 is 0 Å². The fraction of sp³-hybridized carbons (Fsp3) is 0.476. The van der Waals surface area contributed by atoms with Crippen LogP contribution in [0.1, 0.15) is 24.7 Å². The molecule has 0 spiro atoms. The summed E-state index contributed by atoms with van der Waals surface area (Å²) in [6, 6.07) is 11.6. The van der Waals surface area contributed by atoms with Crippen LogP contribution in [-0.4, -0.2) is 45.9 Å². The zero-order valence-corrected chi connectivity index (χ0v) is 16.8. The molecule has 2 aromatic rings. The van der Waals surface area contributed by atoms with Crippen molar-refractivity contribution in [2.24, 2.45) is 4.99 Å². The second-order valence-electron chi connectivity index (χ2n) is 6.04. The fourth-order valence-electron chi connectivity index (χ4n) is 2.51. The Bertz CT molecular complexity index is 674. The molecule has 28 heavy (non-hydrogen) atoms. The molecule has 0 fully saturated rings. The van der Waals surface area contributed by atoms with Crippen LogP contribution >= 0.6 is 0 Å². The van der Waals surface area contributed by atoms with Crippen molar-refractivity contribution in [3.63, 3.8) is 0 Å². The zero-order chi connectivity index (χ0) is 19.9. The highest BCUT2D eigenvalue weighted by Crippen LogP contribution is 2.17. The predicted octanol–water partition coefficient (Wildman–Crippen LogP) is 2.97. The van der Waals surface area contributed by atoms with Gasteiger partial charge in [0.15, 0.2) is 5.96 Å². The van der Waals surface area contributed by atoms with Crippen molar-refractivity contribution < 1.29 is 18.6 Å². The van der Waals surface area contributed by atoms with Crippen LogP contribution in [0.5, 0.6) is 5.75 Å². The average molecular weight is 389 g/mol. The van der Waals surface area contributed by atoms with E-state index in [2.05, 4.69) is 15.6 Å². The van der Waals surface area contributed by atoms with Gasteiger partial charge in [0, 0.05) is 31.8 Å². The Morgan fingerprint density at radius 3 is 2.68 bits per heavy atom. The molecule has 0 radical (unpaired) electrons. The van der Waals surface area contributed by atoms with E-state index in [0.29, 0.717) is 39.5 Å². The number of benzene rings is 1. The summed E-state index contributed by atoms with van der Waals surface area (Å²) in [6.45, 7) is 6.46. The summed E-state index contributed by atoms with van der Waals surface area (Å²) in [4.78, 5) is 4.55. The number of para-hydroxylation sites is 1. The van der Waals surface area contributed by atoms with Gasteiger partial charge < -0.3 is 29.3 Å². The van der Waals surface area contributed by atoms with Gasteiger partial charge in [0.2, 0.25) is 0 Å². The first-order valence-electron chi connectivity index (χ1n) is 9.65. The Morgan fingerprint density at radius 1 is 1.04 bits per heavy atom. The van der Waals surface area contributed by atoms with Crippen LogP contribution in [0.3, 0.4) is 0 Å². The van der Waals surface area contributed by atoms with Crippen molar-refractivity contribution in [1.29, 1.82) is 0 Å². The Hall–Kier alpha value is -2.51. The minimum atomic E-state index is 0.499. The molecule has 0 aliphatic heterocycles. The zero-order valence-electron chi connectivity index (χ0n) is 16.8. The number of hydrogen-bond donors (Lipinski definition) is 2. The van der Waals surface area contributed by atoms with E-state index in [1.807, 2.05) is 43.3 Å². The third-order valence-electron chi connectivity index (χ3n) is 3.87. The van der Waals surface area contributed by atoms with E-state index in [0.717, 1.165) is 36.0 Å². The first-order chi connectivity index (χ1) is 13.8. The maximum absolute atomic E-state index is 5.73. The van der Waals surface area contributed by atoms with Gasteiger partial charge in [-0.05, 0) is 31.5 Å². The highest BCUT2D eigenvalue weighted by Gasteiger charge is 2.02. The lowest BCUT2D eigenvalue weighted by Gasteiger charge is -2.12. The molecule has 0 bridgehead atoms. The van der Waals surface area contributed by atoms with Gasteiger partial charge in [-0.15, -0.1) is 0 Å². The van der Waals surface area contributed by atoms with E-state index in [1.54, 1.807) is 13.4 Å². The van der Waals surface area contributed by atoms with Gasteiger partial charge in [-0.1, -0.05) is 18.2 Å². The summed E-state index contributed by atoms with van der Waals surface area (Å²) < 4.78 is 21.8. The third-order valence-corrected chi connectivity index (χ3v) is 3.87. The molecule has 0 saturated heterocycles. The van der Waals surface area contributed by atoms with Crippen molar-refractivity contribution in [3.05, 3.63) is 54.0 Å². The lowest BCUT2D eigenvalue weighted by molar-refractivity contribution is 0.105. The summed E-state index contributed by atoms with van der Waals surface area (Å²) in [7, 11) is 1.67. The van der Waals surface area contributed by atoms with Crippen LogP contribution in [0.15, 0.2) is 52.1 Å². The maximum Gasteiger partial charge on any atom is 0.191 e. The molecular weight excluding hydrogens is 358 g/mol. The molecular formula is C21H31N3O4. The normalized spacial score (nSPS) is 11.4. The molecule has 7 heteroatoms. The van der Waals surface area contributed by atoms with Gasteiger partial charge in [0.05, 0.1) is 26.6 Å². The molecule has 7 nitrogen and oxygen atoms in total. The van der Waals surface area contributed by atoms with Gasteiger partial charge in [-0.25, -0.2) is 0 Å². The number of methoxy groups -OCH3 is 1. The van der Waals surface area contributed by atoms with Crippen LogP contribution in [0.4, 0.5) is 0 Å². The van der Waals surface area contributed by atoms with Crippen molar-refractivity contribution in [3.8, 4) is 5.75 Å². The number of rotatable bonds is 13. The van der Waals surface area contributed by atoms with Crippen molar-refractivity contribution in [2.45, 2.75) is 26.6 Å². The molecule has 154 valence electrons. The summed E-state index contributed by atoms with van der Waals surface area (Å²) in [5, 5.41) is 6.51. The Kier molecular flexibility index (Phi) is 10.6. The summed E-state index contributed by atoms with van der Waals surface area (Å²) in [5.41, 5.74) is 1.04. The van der Waals surface area contributed by atoms with Gasteiger partial charge in [0.1, 0.15) is 18.1 Å². The van der Waals surface area contributed by atoms with E-state index >= 15 is 0 Å². The standard InChI is InChI=1S/C21H31N3O4/c1-3-22-21(23-11-7-13-26-17-19-9-6-14-28-19)24-12-15-27-16-18-8-4-5-10-20(18)25-2/h4-6,8-10,14H,3,7,11-13,15-17H2,1-2H3,(H2,22,23,24). The van der Waals surface area contributed by atoms with Crippen molar-refractivity contribution in [2.75, 3.05) is 40.0 Å². The highest BCUT2D eigenvalue weighted by atomic mass is 16.5. The maximum atomic E-state index is 5.73. The molecule has 0 unspecified atom stereocenters. The quantitative estimate of drug-likeness (QED) is 0.312. The molecule has 0 aliphatic rings. The van der Waals surface area contributed by atoms with Crippen LogP contribution in [0.25, 0.3) is 0 Å². The third kappa shape index (κ3) is 8.45. The summed E-state index contributed by atoms with van der Waals surface area (Å²) in [6.07, 6.45) is 2.50. The first-order valence-corrected chi connectivity index (χ1v) is 9.65. The molecule has 0 atom stereocenters. The van der Waals surface area contributed by atoms with Gasteiger partial charge in [-0.2, -0.15) is 0 Å². The van der Waals surface area contributed by atoms with E-state index in [9.17, 15) is 0 Å². The smallest absolute Gasteiger partial charge is 0.191 e. The molecule has 1 heterocycles. The van der Waals surface area contributed by atoms with Crippen molar-refractivity contribution >= 4 is 5.96 Å². The number of guanidine groups is 1. The number of hydrogen-bond acceptors (Lipinski definition) is 5. The topological polar surface area (TPSA) is 77.3 Å². The van der Waals surface area contributed by atoms with Gasteiger partial charge in [0.25, 0.3) is 0 Å². The number of furan rings is 1. The molecule has 2 N–H and O–H groups in total. The largest absolute Gasteiger partial charge is 0.496 e. The Balaban J connectivity index is 1.58. The second-order valence-corrected chi connectivity index (χ2v) is 6.04. The van der Waals surface area contributed by atoms with E-state index in [1.165, 1.54) is 0 Å². The van der Waals surface area contributed by atoms with Crippen LogP contribution in [0, 0.1) is 0 Å². The van der Waals surface area contributed by atoms with E-state index in [-0.39, 0.29) is 0 Å². The number of nitrogens with one attached hydrogen (secondary N) is 2. The van der Waals surface area contributed by atoms with Crippen LogP contribution in [-0.2, 0) is 22.7 Å². The monoisotopic (exact) mass is 389 g/mol. The minimum absolute atomic E-state index is 0.499. The molecule has 0 aliphatic carbocycles. The molecule has 1 aromatic carbocycles. The van der Waals surface area contributed by atoms with Crippen LogP contribution in [0.2, 0.25) is 0 Å². The lowest BCUT2D eigenvalue weighted by atomic mass is 10.2. The average Bonchev–Trinajstić information content (AvgIpc) is 3.24. The van der Waals surface area contributed by atoms with Crippen molar-refractivity contribution in [1.82, 2.24) is 10.6 Å². The molecule has 1 aromatic heterocycles. The fourth-order valence-corrected chi connectivity index (χ4v) is 2.51. The SMILES string of the molecule is CCNC(=NCCCOCc1ccco1)NCCOCc1ccccc1OC. The number of nitrogens with zero attached hydrogens (tertiary/aromatic N) is 1. The second kappa shape index (κ2) is 13.6. The first kappa shape index (κ1) is 21.8. The molecule has 0 amide bonds. The Labute approximate surface area is 167 Å². The highest BCUT2D eigenvalue weighted by molar-refractivity contribution is 5.79. The Morgan fingerprint density at radius 2 is 1.89 bits per heavy atom. The lowest BCUT2D eigenvalue weighted by Crippen LogP contribution is -2.39. The van der Waals surface area contributed by atoms with E-state index < -0.39 is 0 Å². The molecule has 0 saturated carbocycles. The molecule has 2 rings (SSSR count). The number of aliphatic imine (C=N–C) groups is 1.